The maximum absolute atomic E-state index is 4.58. The minimum absolute atomic E-state index is 0.804. The van der Waals surface area contributed by atoms with E-state index in [1.807, 2.05) is 12.4 Å². The number of fused-ring (bicyclic) bond motifs is 1. The van der Waals surface area contributed by atoms with Crippen molar-refractivity contribution in [3.05, 3.63) is 29.2 Å². The van der Waals surface area contributed by atoms with Crippen molar-refractivity contribution in [3.8, 4) is 10.7 Å². The third kappa shape index (κ3) is 1.64. The summed E-state index contributed by atoms with van der Waals surface area (Å²) in [6.07, 6.45) is 4.72. The summed E-state index contributed by atoms with van der Waals surface area (Å²) < 4.78 is 0. The summed E-state index contributed by atoms with van der Waals surface area (Å²) in [5.74, 6) is 0.804. The van der Waals surface area contributed by atoms with Gasteiger partial charge in [0.25, 0.3) is 0 Å². The van der Waals surface area contributed by atoms with Crippen LogP contribution >= 0.6 is 11.3 Å². The fourth-order valence-corrected chi connectivity index (χ4v) is 2.24. The second-order valence-corrected chi connectivity index (χ2v) is 4.34. The number of rotatable bonds is 1. The average molecular weight is 218 g/mol. The number of thiazole rings is 1. The van der Waals surface area contributed by atoms with E-state index < -0.39 is 0 Å². The highest BCUT2D eigenvalue weighted by molar-refractivity contribution is 7.13. The van der Waals surface area contributed by atoms with Crippen molar-refractivity contribution in [2.75, 3.05) is 6.54 Å². The average Bonchev–Trinajstić information content (AvgIpc) is 2.82. The zero-order valence-corrected chi connectivity index (χ0v) is 8.92. The van der Waals surface area contributed by atoms with Gasteiger partial charge in [-0.3, -0.25) is 4.98 Å². The quantitative estimate of drug-likeness (QED) is 0.782. The van der Waals surface area contributed by atoms with Gasteiger partial charge in [0.05, 0.1) is 16.1 Å². The second-order valence-electron chi connectivity index (χ2n) is 3.46. The SMILES string of the molecule is c1ncc(-c2ncc3c(n2)CCNC3)s1. The topological polar surface area (TPSA) is 50.7 Å². The first-order chi connectivity index (χ1) is 7.43. The fourth-order valence-electron chi connectivity index (χ4n) is 1.68. The molecule has 0 aliphatic carbocycles. The molecule has 3 heterocycles. The highest BCUT2D eigenvalue weighted by Crippen LogP contribution is 2.21. The lowest BCUT2D eigenvalue weighted by Gasteiger charge is -2.15. The van der Waals surface area contributed by atoms with E-state index in [0.717, 1.165) is 30.2 Å². The Morgan fingerprint density at radius 3 is 3.20 bits per heavy atom. The Morgan fingerprint density at radius 1 is 1.33 bits per heavy atom. The van der Waals surface area contributed by atoms with Crippen molar-refractivity contribution >= 4 is 11.3 Å². The third-order valence-corrected chi connectivity index (χ3v) is 3.23. The molecule has 0 fully saturated rings. The van der Waals surface area contributed by atoms with Gasteiger partial charge in [0.1, 0.15) is 0 Å². The number of hydrogen-bond donors (Lipinski definition) is 1. The van der Waals surface area contributed by atoms with Crippen LogP contribution in [0.3, 0.4) is 0 Å². The lowest BCUT2D eigenvalue weighted by atomic mass is 10.1. The van der Waals surface area contributed by atoms with E-state index in [1.54, 1.807) is 16.8 Å². The zero-order chi connectivity index (χ0) is 10.1. The molecule has 2 aromatic heterocycles. The second kappa shape index (κ2) is 3.67. The molecule has 0 unspecified atom stereocenters. The summed E-state index contributed by atoms with van der Waals surface area (Å²) in [6.45, 7) is 1.89. The van der Waals surface area contributed by atoms with Gasteiger partial charge < -0.3 is 5.32 Å². The van der Waals surface area contributed by atoms with E-state index in [0.29, 0.717) is 0 Å². The summed E-state index contributed by atoms with van der Waals surface area (Å²) in [4.78, 5) is 14.0. The van der Waals surface area contributed by atoms with E-state index >= 15 is 0 Å². The van der Waals surface area contributed by atoms with Gasteiger partial charge in [-0.15, -0.1) is 11.3 Å². The van der Waals surface area contributed by atoms with Crippen molar-refractivity contribution in [2.45, 2.75) is 13.0 Å². The van der Waals surface area contributed by atoms with Crippen LogP contribution in [0, 0.1) is 0 Å². The normalized spacial score (nSPS) is 14.9. The molecular weight excluding hydrogens is 208 g/mol. The van der Waals surface area contributed by atoms with Crippen LogP contribution in [0.15, 0.2) is 17.9 Å². The fraction of sp³-hybridized carbons (Fsp3) is 0.300. The largest absolute Gasteiger partial charge is 0.312 e. The summed E-state index contributed by atoms with van der Waals surface area (Å²) in [5, 5.41) is 3.31. The lowest BCUT2D eigenvalue weighted by Crippen LogP contribution is -2.24. The Hall–Kier alpha value is -1.33. The lowest BCUT2D eigenvalue weighted by molar-refractivity contribution is 0.627. The molecular formula is C10H10N4S. The van der Waals surface area contributed by atoms with Gasteiger partial charge in [-0.05, 0) is 0 Å². The first-order valence-electron chi connectivity index (χ1n) is 4.88. The standard InChI is InChI=1S/C10H10N4S/c1-2-11-3-7-4-13-10(14-8(1)7)9-5-12-6-15-9/h4-6,11H,1-3H2. The van der Waals surface area contributed by atoms with Crippen LogP contribution in [0.4, 0.5) is 0 Å². The molecule has 2 aromatic rings. The van der Waals surface area contributed by atoms with Gasteiger partial charge in [0.15, 0.2) is 5.82 Å². The maximum atomic E-state index is 4.58. The molecule has 0 saturated carbocycles. The van der Waals surface area contributed by atoms with Gasteiger partial charge in [-0.25, -0.2) is 9.97 Å². The Labute approximate surface area is 91.4 Å². The van der Waals surface area contributed by atoms with Crippen molar-refractivity contribution in [1.29, 1.82) is 0 Å². The number of nitrogens with zero attached hydrogens (tertiary/aromatic N) is 3. The van der Waals surface area contributed by atoms with Crippen molar-refractivity contribution in [2.24, 2.45) is 0 Å². The predicted octanol–water partition coefficient (Wildman–Crippen LogP) is 1.25. The smallest absolute Gasteiger partial charge is 0.171 e. The number of hydrogen-bond acceptors (Lipinski definition) is 5. The van der Waals surface area contributed by atoms with E-state index in [9.17, 15) is 0 Å². The summed E-state index contributed by atoms with van der Waals surface area (Å²) >= 11 is 1.57. The summed E-state index contributed by atoms with van der Waals surface area (Å²) in [6, 6.07) is 0. The van der Waals surface area contributed by atoms with Crippen molar-refractivity contribution in [1.82, 2.24) is 20.3 Å². The van der Waals surface area contributed by atoms with Crippen LogP contribution in [0.25, 0.3) is 10.7 Å². The molecule has 0 spiro atoms. The van der Waals surface area contributed by atoms with Gasteiger partial charge in [-0.1, -0.05) is 0 Å². The van der Waals surface area contributed by atoms with E-state index in [2.05, 4.69) is 20.3 Å². The molecule has 1 N–H and O–H groups in total. The van der Waals surface area contributed by atoms with E-state index in [4.69, 9.17) is 0 Å². The third-order valence-electron chi connectivity index (χ3n) is 2.46. The summed E-state index contributed by atoms with van der Waals surface area (Å²) in [5.41, 5.74) is 4.20. The Morgan fingerprint density at radius 2 is 2.33 bits per heavy atom. The molecule has 0 bridgehead atoms. The van der Waals surface area contributed by atoms with Crippen molar-refractivity contribution < 1.29 is 0 Å². The molecule has 1 aliphatic heterocycles. The van der Waals surface area contributed by atoms with Crippen LogP contribution in [0.5, 0.6) is 0 Å². The van der Waals surface area contributed by atoms with Crippen molar-refractivity contribution in [3.63, 3.8) is 0 Å². The zero-order valence-electron chi connectivity index (χ0n) is 8.10. The molecule has 0 saturated heterocycles. The Bertz CT molecular complexity index is 466. The molecule has 76 valence electrons. The molecule has 5 heteroatoms. The van der Waals surface area contributed by atoms with Crippen LogP contribution in [-0.2, 0) is 13.0 Å². The molecule has 15 heavy (non-hydrogen) atoms. The Balaban J connectivity index is 2.04. The molecule has 0 amide bonds. The minimum atomic E-state index is 0.804. The van der Waals surface area contributed by atoms with Crippen LogP contribution < -0.4 is 5.32 Å². The van der Waals surface area contributed by atoms with Gasteiger partial charge in [0, 0.05) is 37.5 Å². The highest BCUT2D eigenvalue weighted by atomic mass is 32.1. The molecule has 3 rings (SSSR count). The van der Waals surface area contributed by atoms with E-state index in [1.165, 1.54) is 11.3 Å². The van der Waals surface area contributed by atoms with Crippen LogP contribution in [-0.4, -0.2) is 21.5 Å². The monoisotopic (exact) mass is 218 g/mol. The first kappa shape index (κ1) is 8.94. The van der Waals surface area contributed by atoms with Crippen LogP contribution in [0.1, 0.15) is 11.3 Å². The molecule has 0 atom stereocenters. The van der Waals surface area contributed by atoms with Crippen LogP contribution in [0.2, 0.25) is 0 Å². The highest BCUT2D eigenvalue weighted by Gasteiger charge is 2.12. The molecule has 0 aromatic carbocycles. The van der Waals surface area contributed by atoms with Gasteiger partial charge >= 0.3 is 0 Å². The first-order valence-corrected chi connectivity index (χ1v) is 5.76. The number of nitrogens with one attached hydrogen (secondary N) is 1. The molecule has 0 radical (unpaired) electrons. The van der Waals surface area contributed by atoms with Gasteiger partial charge in [-0.2, -0.15) is 0 Å². The molecule has 1 aliphatic rings. The summed E-state index contributed by atoms with van der Waals surface area (Å²) in [7, 11) is 0. The van der Waals surface area contributed by atoms with Gasteiger partial charge in [0.2, 0.25) is 0 Å². The predicted molar refractivity (Wildman–Crippen MR) is 58.6 cm³/mol. The Kier molecular flexibility index (Phi) is 2.19. The number of aromatic nitrogens is 3. The maximum Gasteiger partial charge on any atom is 0.171 e. The van der Waals surface area contributed by atoms with E-state index in [-0.39, 0.29) is 0 Å². The minimum Gasteiger partial charge on any atom is -0.312 e. The molecule has 4 nitrogen and oxygen atoms in total.